The third kappa shape index (κ3) is 5.15. The molecule has 2 nitrogen and oxygen atoms in total. The van der Waals surface area contributed by atoms with Gasteiger partial charge in [-0.15, -0.1) is 6.58 Å². The van der Waals surface area contributed by atoms with E-state index < -0.39 is 7.29 Å². The highest BCUT2D eigenvalue weighted by molar-refractivity contribution is 7.76. The van der Waals surface area contributed by atoms with Crippen molar-refractivity contribution in [3.8, 4) is 0 Å². The molecule has 0 fully saturated rings. The van der Waals surface area contributed by atoms with E-state index in [0.717, 1.165) is 35.4 Å². The molecular weight excluding hydrogens is 373 g/mol. The molecule has 29 heavy (non-hydrogen) atoms. The highest BCUT2D eigenvalue weighted by atomic mass is 31.2. The zero-order valence-corrected chi connectivity index (χ0v) is 18.0. The van der Waals surface area contributed by atoms with Crippen LogP contribution in [0.25, 0.3) is 0 Å². The molecule has 0 aliphatic rings. The molecule has 2 atom stereocenters. The van der Waals surface area contributed by atoms with Crippen molar-refractivity contribution in [2.75, 3.05) is 0 Å². The molecule has 0 heterocycles. The van der Waals surface area contributed by atoms with Crippen LogP contribution in [0.3, 0.4) is 0 Å². The fourth-order valence-electron chi connectivity index (χ4n) is 3.71. The standard InChI is InChI=1S/C26H30NOP/c1-3-5-15-22(4-2)26(23-16-9-6-10-17-23)27-29(28,24-18-11-7-12-19-24)25-20-13-8-14-21-25/h4,6-14,16-22,26H,2-3,5,15H2,1H3,(H,27,28)/t22-,26-/m0/s1. The Kier molecular flexibility index (Phi) is 7.63. The first-order valence-corrected chi connectivity index (χ1v) is 12.1. The summed E-state index contributed by atoms with van der Waals surface area (Å²) in [5.41, 5.74) is 1.14. The van der Waals surface area contributed by atoms with E-state index in [2.05, 4.69) is 30.7 Å². The van der Waals surface area contributed by atoms with Crippen molar-refractivity contribution < 1.29 is 4.57 Å². The summed E-state index contributed by atoms with van der Waals surface area (Å²) in [6.45, 7) is 6.30. The minimum atomic E-state index is -3.04. The van der Waals surface area contributed by atoms with Gasteiger partial charge in [0.05, 0.1) is 0 Å². The summed E-state index contributed by atoms with van der Waals surface area (Å²) < 4.78 is 14.5. The Bertz CT molecular complexity index is 881. The first-order chi connectivity index (χ1) is 14.2. The largest absolute Gasteiger partial charge is 0.297 e. The monoisotopic (exact) mass is 403 g/mol. The predicted molar refractivity (Wildman–Crippen MR) is 125 cm³/mol. The van der Waals surface area contributed by atoms with E-state index >= 15 is 0 Å². The van der Waals surface area contributed by atoms with Crippen LogP contribution < -0.4 is 15.7 Å². The average molecular weight is 404 g/mol. The number of hydrogen-bond donors (Lipinski definition) is 1. The molecule has 3 rings (SSSR count). The Labute approximate surface area is 175 Å². The molecule has 0 radical (unpaired) electrons. The first-order valence-electron chi connectivity index (χ1n) is 10.4. The van der Waals surface area contributed by atoms with Gasteiger partial charge in [0.15, 0.2) is 0 Å². The maximum atomic E-state index is 14.5. The van der Waals surface area contributed by atoms with Crippen LogP contribution in [0, 0.1) is 5.92 Å². The molecule has 3 aromatic rings. The zero-order chi connectivity index (χ0) is 20.5. The van der Waals surface area contributed by atoms with E-state index in [1.165, 1.54) is 0 Å². The molecule has 0 saturated carbocycles. The lowest BCUT2D eigenvalue weighted by Gasteiger charge is -2.31. The third-order valence-corrected chi connectivity index (χ3v) is 8.03. The second-order valence-corrected chi connectivity index (χ2v) is 9.85. The molecular formula is C26H30NOP. The van der Waals surface area contributed by atoms with Gasteiger partial charge in [0.1, 0.15) is 0 Å². The van der Waals surface area contributed by atoms with Crippen molar-refractivity contribution in [1.82, 2.24) is 5.09 Å². The highest BCUT2D eigenvalue weighted by Gasteiger charge is 2.33. The Morgan fingerprint density at radius 3 is 1.79 bits per heavy atom. The molecule has 0 aliphatic heterocycles. The average Bonchev–Trinajstić information content (AvgIpc) is 2.80. The van der Waals surface area contributed by atoms with Crippen LogP contribution >= 0.6 is 7.29 Å². The fourth-order valence-corrected chi connectivity index (χ4v) is 6.22. The van der Waals surface area contributed by atoms with E-state index in [9.17, 15) is 4.57 Å². The van der Waals surface area contributed by atoms with Gasteiger partial charge in [-0.3, -0.25) is 9.65 Å². The van der Waals surface area contributed by atoms with Crippen molar-refractivity contribution in [2.45, 2.75) is 32.2 Å². The van der Waals surface area contributed by atoms with E-state index in [4.69, 9.17) is 0 Å². The van der Waals surface area contributed by atoms with Crippen LogP contribution in [0.1, 0.15) is 37.8 Å². The number of rotatable bonds is 10. The third-order valence-electron chi connectivity index (χ3n) is 5.34. The zero-order valence-electron chi connectivity index (χ0n) is 17.1. The number of unbranched alkanes of at least 4 members (excludes halogenated alkanes) is 1. The van der Waals surface area contributed by atoms with Gasteiger partial charge >= 0.3 is 0 Å². The molecule has 1 N–H and O–H groups in total. The van der Waals surface area contributed by atoms with Gasteiger partial charge in [-0.2, -0.15) is 0 Å². The van der Waals surface area contributed by atoms with Crippen LogP contribution in [0.5, 0.6) is 0 Å². The van der Waals surface area contributed by atoms with Gasteiger partial charge in [-0.25, -0.2) is 0 Å². The van der Waals surface area contributed by atoms with E-state index in [1.54, 1.807) is 0 Å². The molecule has 3 aromatic carbocycles. The van der Waals surface area contributed by atoms with Crippen LogP contribution in [0.15, 0.2) is 104 Å². The SMILES string of the molecule is C=C[C@@H](CCCC)[C@H](NP(=O)(c1ccccc1)c1ccccc1)c1ccccc1. The Morgan fingerprint density at radius 1 is 0.862 bits per heavy atom. The summed E-state index contributed by atoms with van der Waals surface area (Å²) in [6, 6.07) is 29.8. The van der Waals surface area contributed by atoms with Crippen molar-refractivity contribution >= 4 is 17.9 Å². The van der Waals surface area contributed by atoms with Crippen LogP contribution in [0.4, 0.5) is 0 Å². The topological polar surface area (TPSA) is 29.1 Å². The van der Waals surface area contributed by atoms with Crippen LogP contribution in [0.2, 0.25) is 0 Å². The minimum absolute atomic E-state index is 0.0773. The second kappa shape index (κ2) is 10.4. The smallest absolute Gasteiger partial charge is 0.205 e. The summed E-state index contributed by atoms with van der Waals surface area (Å²) in [6.07, 6.45) is 5.26. The number of hydrogen-bond acceptors (Lipinski definition) is 1. The first kappa shape index (κ1) is 21.3. The summed E-state index contributed by atoms with van der Waals surface area (Å²) in [7, 11) is -3.04. The molecule has 150 valence electrons. The maximum absolute atomic E-state index is 14.5. The Balaban J connectivity index is 2.08. The second-order valence-electron chi connectivity index (χ2n) is 7.34. The lowest BCUT2D eigenvalue weighted by Crippen LogP contribution is -2.33. The highest BCUT2D eigenvalue weighted by Crippen LogP contribution is 2.44. The maximum Gasteiger partial charge on any atom is 0.205 e. The molecule has 0 spiro atoms. The fraction of sp³-hybridized carbons (Fsp3) is 0.231. The van der Waals surface area contributed by atoms with Crippen molar-refractivity contribution in [3.05, 3.63) is 109 Å². The quantitative estimate of drug-likeness (QED) is 0.321. The van der Waals surface area contributed by atoms with E-state index in [-0.39, 0.29) is 12.0 Å². The van der Waals surface area contributed by atoms with Crippen LogP contribution in [-0.2, 0) is 4.57 Å². The van der Waals surface area contributed by atoms with Crippen molar-refractivity contribution in [2.24, 2.45) is 5.92 Å². The summed E-state index contributed by atoms with van der Waals surface area (Å²) in [5.74, 6) is 0.193. The van der Waals surface area contributed by atoms with Gasteiger partial charge in [-0.1, -0.05) is 92.6 Å². The number of benzene rings is 3. The minimum Gasteiger partial charge on any atom is -0.297 e. The summed E-state index contributed by atoms with van der Waals surface area (Å²) in [4.78, 5) is 0. The van der Waals surface area contributed by atoms with Gasteiger partial charge in [0, 0.05) is 16.7 Å². The number of nitrogens with one attached hydrogen (secondary N) is 1. The Hall–Kier alpha value is -2.41. The van der Waals surface area contributed by atoms with Crippen molar-refractivity contribution in [1.29, 1.82) is 0 Å². The molecule has 0 bridgehead atoms. The molecule has 0 amide bonds. The van der Waals surface area contributed by atoms with Gasteiger partial charge < -0.3 is 0 Å². The molecule has 3 heteroatoms. The predicted octanol–water partition coefficient (Wildman–Crippen LogP) is 6.24. The summed E-state index contributed by atoms with van der Waals surface area (Å²) in [5, 5.41) is 5.27. The molecule has 0 aromatic heterocycles. The lowest BCUT2D eigenvalue weighted by atomic mass is 9.89. The molecule has 0 aliphatic carbocycles. The molecule has 0 unspecified atom stereocenters. The van der Waals surface area contributed by atoms with Crippen LogP contribution in [-0.4, -0.2) is 0 Å². The van der Waals surface area contributed by atoms with Gasteiger partial charge in [0.25, 0.3) is 0 Å². The van der Waals surface area contributed by atoms with E-state index in [1.807, 2.05) is 84.9 Å². The lowest BCUT2D eigenvalue weighted by molar-refractivity contribution is 0.437. The Morgan fingerprint density at radius 2 is 1.34 bits per heavy atom. The summed E-state index contributed by atoms with van der Waals surface area (Å²) >= 11 is 0. The molecule has 0 saturated heterocycles. The van der Waals surface area contributed by atoms with Gasteiger partial charge in [0.2, 0.25) is 7.29 Å². The van der Waals surface area contributed by atoms with E-state index in [0.29, 0.717) is 0 Å². The normalized spacial score (nSPS) is 13.6. The van der Waals surface area contributed by atoms with Crippen molar-refractivity contribution in [3.63, 3.8) is 0 Å². The van der Waals surface area contributed by atoms with Gasteiger partial charge in [-0.05, 0) is 42.2 Å².